The van der Waals surface area contributed by atoms with Gasteiger partial charge in [0.25, 0.3) is 0 Å². The van der Waals surface area contributed by atoms with E-state index in [4.69, 9.17) is 9.84 Å². The Labute approximate surface area is 118 Å². The quantitative estimate of drug-likeness (QED) is 0.800. The van der Waals surface area contributed by atoms with Crippen LogP contribution in [0.4, 0.5) is 5.69 Å². The first-order valence-electron chi connectivity index (χ1n) is 6.43. The highest BCUT2D eigenvalue weighted by molar-refractivity contribution is 5.91. The van der Waals surface area contributed by atoms with E-state index in [1.165, 1.54) is 6.20 Å². The van der Waals surface area contributed by atoms with Crippen molar-refractivity contribution in [2.24, 2.45) is 5.41 Å². The fourth-order valence-corrected chi connectivity index (χ4v) is 1.80. The van der Waals surface area contributed by atoms with Crippen molar-refractivity contribution in [2.45, 2.75) is 33.6 Å². The van der Waals surface area contributed by atoms with Gasteiger partial charge in [-0.2, -0.15) is 0 Å². The molecule has 1 aromatic rings. The van der Waals surface area contributed by atoms with Crippen molar-refractivity contribution in [1.82, 2.24) is 4.98 Å². The Morgan fingerprint density at radius 3 is 2.55 bits per heavy atom. The van der Waals surface area contributed by atoms with E-state index in [0.717, 1.165) is 0 Å². The third-order valence-electron chi connectivity index (χ3n) is 2.58. The SMILES string of the molecule is CCOc1ccc(NC(=O)CC(C)(C)CC(=O)O)cn1. The molecule has 1 amide bonds. The van der Waals surface area contributed by atoms with Gasteiger partial charge in [0.15, 0.2) is 0 Å². The molecule has 0 atom stereocenters. The van der Waals surface area contributed by atoms with E-state index < -0.39 is 11.4 Å². The lowest BCUT2D eigenvalue weighted by atomic mass is 9.85. The molecule has 1 rings (SSSR count). The van der Waals surface area contributed by atoms with Gasteiger partial charge < -0.3 is 15.2 Å². The number of pyridine rings is 1. The zero-order chi connectivity index (χ0) is 15.2. The summed E-state index contributed by atoms with van der Waals surface area (Å²) in [5.74, 6) is -0.649. The molecular weight excluding hydrogens is 260 g/mol. The standard InChI is InChI=1S/C14H20N2O4/c1-4-20-12-6-5-10(9-15-12)16-11(17)7-14(2,3)8-13(18)19/h5-6,9H,4,7-8H2,1-3H3,(H,16,17)(H,18,19). The van der Waals surface area contributed by atoms with Crippen molar-refractivity contribution in [2.75, 3.05) is 11.9 Å². The van der Waals surface area contributed by atoms with E-state index in [0.29, 0.717) is 18.2 Å². The number of carbonyl (C=O) groups is 2. The molecule has 0 saturated carbocycles. The second-order valence-corrected chi connectivity index (χ2v) is 5.28. The van der Waals surface area contributed by atoms with Crippen LogP contribution in [0.5, 0.6) is 5.88 Å². The lowest BCUT2D eigenvalue weighted by Crippen LogP contribution is -2.24. The number of hydrogen-bond acceptors (Lipinski definition) is 4. The molecule has 0 aromatic carbocycles. The normalized spacial score (nSPS) is 10.9. The van der Waals surface area contributed by atoms with Crippen LogP contribution >= 0.6 is 0 Å². The number of anilines is 1. The van der Waals surface area contributed by atoms with Crippen LogP contribution < -0.4 is 10.1 Å². The maximum absolute atomic E-state index is 11.9. The van der Waals surface area contributed by atoms with E-state index in [2.05, 4.69) is 10.3 Å². The minimum atomic E-state index is -0.912. The Kier molecular flexibility index (Phi) is 5.49. The van der Waals surface area contributed by atoms with Gasteiger partial charge in [-0.15, -0.1) is 0 Å². The predicted molar refractivity (Wildman–Crippen MR) is 74.7 cm³/mol. The number of rotatable bonds is 7. The number of amides is 1. The molecule has 2 N–H and O–H groups in total. The van der Waals surface area contributed by atoms with E-state index in [1.807, 2.05) is 6.92 Å². The summed E-state index contributed by atoms with van der Waals surface area (Å²) in [4.78, 5) is 26.6. The van der Waals surface area contributed by atoms with Crippen molar-refractivity contribution in [3.05, 3.63) is 18.3 Å². The summed E-state index contributed by atoms with van der Waals surface area (Å²) in [5.41, 5.74) is -0.0289. The monoisotopic (exact) mass is 280 g/mol. The van der Waals surface area contributed by atoms with Crippen LogP contribution in [-0.4, -0.2) is 28.6 Å². The van der Waals surface area contributed by atoms with E-state index in [9.17, 15) is 9.59 Å². The highest BCUT2D eigenvalue weighted by Crippen LogP contribution is 2.25. The van der Waals surface area contributed by atoms with Crippen molar-refractivity contribution >= 4 is 17.6 Å². The van der Waals surface area contributed by atoms with Gasteiger partial charge in [-0.3, -0.25) is 9.59 Å². The van der Waals surface area contributed by atoms with Crippen LogP contribution in [-0.2, 0) is 9.59 Å². The number of hydrogen-bond donors (Lipinski definition) is 2. The minimum absolute atomic E-state index is 0.0536. The van der Waals surface area contributed by atoms with Gasteiger partial charge in [-0.05, 0) is 18.4 Å². The average Bonchev–Trinajstić information content (AvgIpc) is 2.29. The van der Waals surface area contributed by atoms with Crippen molar-refractivity contribution in [3.8, 4) is 5.88 Å². The molecule has 0 aliphatic rings. The van der Waals surface area contributed by atoms with Gasteiger partial charge in [-0.25, -0.2) is 4.98 Å². The molecule has 6 heteroatoms. The lowest BCUT2D eigenvalue weighted by Gasteiger charge is -2.21. The zero-order valence-electron chi connectivity index (χ0n) is 12.0. The van der Waals surface area contributed by atoms with Crippen LogP contribution in [0.1, 0.15) is 33.6 Å². The largest absolute Gasteiger partial charge is 0.481 e. The molecule has 110 valence electrons. The Morgan fingerprint density at radius 2 is 2.05 bits per heavy atom. The molecule has 0 aliphatic heterocycles. The summed E-state index contributed by atoms with van der Waals surface area (Å²) >= 11 is 0. The molecule has 0 bridgehead atoms. The third-order valence-corrected chi connectivity index (χ3v) is 2.58. The molecule has 1 heterocycles. The predicted octanol–water partition coefficient (Wildman–Crippen LogP) is 2.31. The van der Waals surface area contributed by atoms with Gasteiger partial charge in [-0.1, -0.05) is 13.8 Å². The second kappa shape index (κ2) is 6.88. The summed E-state index contributed by atoms with van der Waals surface area (Å²) in [6.07, 6.45) is 1.58. The molecule has 0 spiro atoms. The maximum Gasteiger partial charge on any atom is 0.303 e. The van der Waals surface area contributed by atoms with E-state index in [1.54, 1.807) is 26.0 Å². The van der Waals surface area contributed by atoms with Gasteiger partial charge in [0.1, 0.15) is 0 Å². The number of nitrogens with zero attached hydrogens (tertiary/aromatic N) is 1. The number of carbonyl (C=O) groups excluding carboxylic acids is 1. The number of nitrogens with one attached hydrogen (secondary N) is 1. The first kappa shape index (κ1) is 15.9. The molecular formula is C14H20N2O4. The topological polar surface area (TPSA) is 88.5 Å². The first-order valence-corrected chi connectivity index (χ1v) is 6.43. The molecule has 1 aromatic heterocycles. The van der Waals surface area contributed by atoms with Crippen LogP contribution in [0.25, 0.3) is 0 Å². The number of carboxylic acid groups (broad SMARTS) is 1. The van der Waals surface area contributed by atoms with Crippen molar-refractivity contribution < 1.29 is 19.4 Å². The number of aliphatic carboxylic acids is 1. The highest BCUT2D eigenvalue weighted by atomic mass is 16.5. The average molecular weight is 280 g/mol. The summed E-state index contributed by atoms with van der Waals surface area (Å²) in [7, 11) is 0. The van der Waals surface area contributed by atoms with Crippen molar-refractivity contribution in [3.63, 3.8) is 0 Å². The van der Waals surface area contributed by atoms with Gasteiger partial charge in [0.2, 0.25) is 11.8 Å². The summed E-state index contributed by atoms with van der Waals surface area (Å²) < 4.78 is 5.20. The molecule has 0 saturated heterocycles. The van der Waals surface area contributed by atoms with Crippen molar-refractivity contribution in [1.29, 1.82) is 0 Å². The summed E-state index contributed by atoms with van der Waals surface area (Å²) in [6.45, 7) is 5.89. The first-order chi connectivity index (χ1) is 9.32. The Bertz CT molecular complexity index is 469. The Hall–Kier alpha value is -2.11. The fraction of sp³-hybridized carbons (Fsp3) is 0.500. The van der Waals surface area contributed by atoms with Crippen LogP contribution in [0.2, 0.25) is 0 Å². The second-order valence-electron chi connectivity index (χ2n) is 5.28. The highest BCUT2D eigenvalue weighted by Gasteiger charge is 2.25. The molecule has 20 heavy (non-hydrogen) atoms. The summed E-state index contributed by atoms with van der Waals surface area (Å²) in [6, 6.07) is 3.36. The Morgan fingerprint density at radius 1 is 1.35 bits per heavy atom. The lowest BCUT2D eigenvalue weighted by molar-refractivity contribution is -0.139. The van der Waals surface area contributed by atoms with Gasteiger partial charge in [0, 0.05) is 12.5 Å². The number of ether oxygens (including phenoxy) is 1. The minimum Gasteiger partial charge on any atom is -0.481 e. The van der Waals surface area contributed by atoms with Gasteiger partial charge >= 0.3 is 5.97 Å². The summed E-state index contributed by atoms with van der Waals surface area (Å²) in [5, 5.41) is 11.5. The molecule has 0 radical (unpaired) electrons. The smallest absolute Gasteiger partial charge is 0.303 e. The molecule has 0 fully saturated rings. The molecule has 0 unspecified atom stereocenters. The number of aromatic nitrogens is 1. The fourth-order valence-electron chi connectivity index (χ4n) is 1.80. The maximum atomic E-state index is 11.9. The third kappa shape index (κ3) is 5.69. The van der Waals surface area contributed by atoms with Crippen LogP contribution in [0, 0.1) is 5.41 Å². The Balaban J connectivity index is 2.55. The molecule has 0 aliphatic carbocycles. The zero-order valence-corrected chi connectivity index (χ0v) is 12.0. The van der Waals surface area contributed by atoms with E-state index in [-0.39, 0.29) is 18.7 Å². The van der Waals surface area contributed by atoms with Crippen LogP contribution in [0.15, 0.2) is 18.3 Å². The van der Waals surface area contributed by atoms with Crippen LogP contribution in [0.3, 0.4) is 0 Å². The molecule has 6 nitrogen and oxygen atoms in total. The number of carboxylic acids is 1. The van der Waals surface area contributed by atoms with Gasteiger partial charge in [0.05, 0.1) is 24.9 Å². The van der Waals surface area contributed by atoms with E-state index >= 15 is 0 Å².